The maximum Gasteiger partial charge on any atom is 0.234 e. The van der Waals surface area contributed by atoms with E-state index in [1.54, 1.807) is 18.2 Å². The highest BCUT2D eigenvalue weighted by molar-refractivity contribution is 8.01. The average molecular weight is 323 g/mol. The van der Waals surface area contributed by atoms with Gasteiger partial charge in [0.05, 0.1) is 22.2 Å². The summed E-state index contributed by atoms with van der Waals surface area (Å²) in [5.41, 5.74) is 6.55. The van der Waals surface area contributed by atoms with Gasteiger partial charge in [0, 0.05) is 17.7 Å². The molecule has 0 aliphatic rings. The Hall–Kier alpha value is -0.920. The molecule has 0 radical (unpaired) electrons. The number of benzene rings is 1. The van der Waals surface area contributed by atoms with Gasteiger partial charge in [-0.2, -0.15) is 11.8 Å². The summed E-state index contributed by atoms with van der Waals surface area (Å²) in [5.74, 6) is 0.368. The summed E-state index contributed by atoms with van der Waals surface area (Å²) in [5, 5.41) is 3.03. The van der Waals surface area contributed by atoms with Crippen LogP contribution in [0.5, 0.6) is 0 Å². The summed E-state index contributed by atoms with van der Waals surface area (Å²) in [6, 6.07) is 4.81. The van der Waals surface area contributed by atoms with Crippen LogP contribution in [0.25, 0.3) is 0 Å². The van der Waals surface area contributed by atoms with Crippen LogP contribution < -0.4 is 11.1 Å². The fourth-order valence-corrected chi connectivity index (χ4v) is 3.45. The smallest absolute Gasteiger partial charge is 0.234 e. The second-order valence-electron chi connectivity index (χ2n) is 3.97. The number of carbonyl (C=O) groups is 1. The Morgan fingerprint density at radius 2 is 2.16 bits per heavy atom. The van der Waals surface area contributed by atoms with Gasteiger partial charge >= 0.3 is 0 Å². The van der Waals surface area contributed by atoms with Crippen molar-refractivity contribution in [3.8, 4) is 0 Å². The average Bonchev–Trinajstić information content (AvgIpc) is 2.28. The zero-order valence-corrected chi connectivity index (χ0v) is 12.7. The number of anilines is 2. The maximum absolute atomic E-state index is 11.6. The Labute approximate surface area is 121 Å². The molecule has 0 aliphatic carbocycles. The molecular weight excluding hydrogens is 308 g/mol. The first kappa shape index (κ1) is 16.1. The van der Waals surface area contributed by atoms with Gasteiger partial charge in [-0.25, -0.2) is 8.42 Å². The van der Waals surface area contributed by atoms with E-state index in [1.807, 2.05) is 0 Å². The summed E-state index contributed by atoms with van der Waals surface area (Å²) >= 11 is 7.16. The lowest BCUT2D eigenvalue weighted by Gasteiger charge is -2.07. The molecule has 3 N–H and O–H groups in total. The Morgan fingerprint density at radius 3 is 2.79 bits per heavy atom. The van der Waals surface area contributed by atoms with Gasteiger partial charge in [-0.3, -0.25) is 4.79 Å². The molecule has 0 fully saturated rings. The van der Waals surface area contributed by atoms with Crippen LogP contribution in [0.2, 0.25) is 5.02 Å². The van der Waals surface area contributed by atoms with Gasteiger partial charge in [0.25, 0.3) is 0 Å². The number of nitrogen functional groups attached to an aromatic ring is 1. The Bertz CT molecular complexity index is 561. The van der Waals surface area contributed by atoms with Crippen LogP contribution in [-0.4, -0.2) is 37.8 Å². The highest BCUT2D eigenvalue weighted by Gasteiger charge is 2.08. The van der Waals surface area contributed by atoms with Gasteiger partial charge < -0.3 is 11.1 Å². The summed E-state index contributed by atoms with van der Waals surface area (Å²) in [6.45, 7) is 0. The van der Waals surface area contributed by atoms with E-state index in [9.17, 15) is 13.2 Å². The lowest BCUT2D eigenvalue weighted by atomic mass is 10.3. The maximum atomic E-state index is 11.6. The topological polar surface area (TPSA) is 89.3 Å². The van der Waals surface area contributed by atoms with Crippen LogP contribution in [0.1, 0.15) is 0 Å². The van der Waals surface area contributed by atoms with Gasteiger partial charge in [0.1, 0.15) is 9.84 Å². The first-order chi connectivity index (χ1) is 8.78. The van der Waals surface area contributed by atoms with E-state index in [4.69, 9.17) is 17.3 Å². The predicted molar refractivity (Wildman–Crippen MR) is 81.5 cm³/mol. The van der Waals surface area contributed by atoms with E-state index < -0.39 is 9.84 Å². The molecule has 0 saturated heterocycles. The van der Waals surface area contributed by atoms with Crippen molar-refractivity contribution in [3.63, 3.8) is 0 Å². The number of hydrogen-bond donors (Lipinski definition) is 2. The van der Waals surface area contributed by atoms with Crippen LogP contribution in [0, 0.1) is 0 Å². The van der Waals surface area contributed by atoms with E-state index in [0.29, 0.717) is 22.2 Å². The van der Waals surface area contributed by atoms with Gasteiger partial charge in [-0.05, 0) is 18.2 Å². The Balaban J connectivity index is 2.41. The number of nitrogens with two attached hydrogens (primary N) is 1. The number of hydrogen-bond acceptors (Lipinski definition) is 5. The number of carbonyl (C=O) groups excluding carboxylic acids is 1. The Kier molecular flexibility index (Phi) is 5.96. The third-order valence-electron chi connectivity index (χ3n) is 2.10. The normalized spacial score (nSPS) is 11.3. The van der Waals surface area contributed by atoms with E-state index in [0.717, 1.165) is 0 Å². The molecular formula is C11H15ClN2O3S2. The van der Waals surface area contributed by atoms with Gasteiger partial charge in [0.2, 0.25) is 5.91 Å². The van der Waals surface area contributed by atoms with Gasteiger partial charge in [-0.15, -0.1) is 0 Å². The summed E-state index contributed by atoms with van der Waals surface area (Å²) in [4.78, 5) is 11.6. The summed E-state index contributed by atoms with van der Waals surface area (Å²) in [6.07, 6.45) is 1.17. The molecule has 106 valence electrons. The quantitative estimate of drug-likeness (QED) is 0.614. The van der Waals surface area contributed by atoms with Crippen molar-refractivity contribution in [3.05, 3.63) is 23.2 Å². The Morgan fingerprint density at radius 1 is 1.47 bits per heavy atom. The van der Waals surface area contributed by atoms with Crippen LogP contribution in [0.15, 0.2) is 18.2 Å². The lowest BCUT2D eigenvalue weighted by molar-refractivity contribution is -0.113. The van der Waals surface area contributed by atoms with Crippen molar-refractivity contribution in [1.82, 2.24) is 0 Å². The molecule has 5 nitrogen and oxygen atoms in total. The van der Waals surface area contributed by atoms with E-state index >= 15 is 0 Å². The molecule has 0 heterocycles. The molecule has 1 aromatic carbocycles. The molecule has 1 rings (SSSR count). The minimum atomic E-state index is -2.98. The third-order valence-corrected chi connectivity index (χ3v) is 4.59. The number of nitrogens with one attached hydrogen (secondary N) is 1. The highest BCUT2D eigenvalue weighted by Crippen LogP contribution is 2.24. The molecule has 1 aromatic rings. The standard InChI is InChI=1S/C11H15ClN2O3S2/c1-19(16,17)5-4-18-7-11(15)14-10-6-8(13)2-3-9(10)12/h2-3,6H,4-5,7,13H2,1H3,(H,14,15). The van der Waals surface area contributed by atoms with Crippen LogP contribution in [0.4, 0.5) is 11.4 Å². The zero-order valence-electron chi connectivity index (χ0n) is 10.3. The van der Waals surface area contributed by atoms with Crippen LogP contribution in [0.3, 0.4) is 0 Å². The molecule has 1 amide bonds. The monoisotopic (exact) mass is 322 g/mol. The SMILES string of the molecule is CS(=O)(=O)CCSCC(=O)Nc1cc(N)ccc1Cl. The zero-order chi connectivity index (χ0) is 14.5. The third kappa shape index (κ3) is 6.70. The fourth-order valence-electron chi connectivity index (χ4n) is 1.20. The van der Waals surface area contributed by atoms with Crippen molar-refractivity contribution in [2.75, 3.05) is 34.6 Å². The number of sulfone groups is 1. The number of halogens is 1. The van der Waals surface area contributed by atoms with Crippen molar-refractivity contribution in [1.29, 1.82) is 0 Å². The van der Waals surface area contributed by atoms with Crippen molar-refractivity contribution < 1.29 is 13.2 Å². The first-order valence-corrected chi connectivity index (χ1v) is 8.97. The molecule has 0 aromatic heterocycles. The van der Waals surface area contributed by atoms with E-state index in [-0.39, 0.29) is 17.4 Å². The molecule has 0 atom stereocenters. The molecule has 0 spiro atoms. The summed E-state index contributed by atoms with van der Waals surface area (Å²) < 4.78 is 21.8. The number of amides is 1. The fraction of sp³-hybridized carbons (Fsp3) is 0.364. The highest BCUT2D eigenvalue weighted by atomic mass is 35.5. The molecule has 0 aliphatic heterocycles. The minimum Gasteiger partial charge on any atom is -0.399 e. The number of rotatable bonds is 6. The summed E-state index contributed by atoms with van der Waals surface area (Å²) in [7, 11) is -2.98. The van der Waals surface area contributed by atoms with E-state index in [2.05, 4.69) is 5.32 Å². The minimum absolute atomic E-state index is 0.0595. The second kappa shape index (κ2) is 7.02. The first-order valence-electron chi connectivity index (χ1n) is 5.38. The van der Waals surface area contributed by atoms with Crippen molar-refractivity contribution in [2.24, 2.45) is 0 Å². The lowest BCUT2D eigenvalue weighted by Crippen LogP contribution is -2.16. The predicted octanol–water partition coefficient (Wildman–Crippen LogP) is 1.64. The van der Waals surface area contributed by atoms with Gasteiger partial charge in [-0.1, -0.05) is 11.6 Å². The molecule has 0 bridgehead atoms. The molecule has 19 heavy (non-hydrogen) atoms. The van der Waals surface area contributed by atoms with Crippen molar-refractivity contribution in [2.45, 2.75) is 0 Å². The van der Waals surface area contributed by atoms with E-state index in [1.165, 1.54) is 18.0 Å². The van der Waals surface area contributed by atoms with Gasteiger partial charge in [0.15, 0.2) is 0 Å². The molecule has 0 unspecified atom stereocenters. The van der Waals surface area contributed by atoms with Crippen molar-refractivity contribution >= 4 is 50.5 Å². The molecule has 0 saturated carbocycles. The second-order valence-corrected chi connectivity index (χ2v) is 7.74. The van der Waals surface area contributed by atoms with Crippen LogP contribution in [-0.2, 0) is 14.6 Å². The van der Waals surface area contributed by atoms with Crippen LogP contribution >= 0.6 is 23.4 Å². The number of thioether (sulfide) groups is 1. The molecule has 8 heteroatoms. The largest absolute Gasteiger partial charge is 0.399 e.